The lowest BCUT2D eigenvalue weighted by Crippen LogP contribution is -2.38. The molecule has 25 heavy (non-hydrogen) atoms. The monoisotopic (exact) mass is 355 g/mol. The molecular weight excluding hydrogens is 338 g/mol. The zero-order valence-corrected chi connectivity index (χ0v) is 14.6. The van der Waals surface area contributed by atoms with Crippen LogP contribution in [-0.4, -0.2) is 28.6 Å². The molecule has 1 amide bonds. The number of carbonyl (C=O) groups excluding carboxylic acids is 1. The van der Waals surface area contributed by atoms with Crippen LogP contribution in [0.5, 0.6) is 5.75 Å². The van der Waals surface area contributed by atoms with Gasteiger partial charge in [-0.25, -0.2) is 0 Å². The lowest BCUT2D eigenvalue weighted by atomic mass is 10.1. The Morgan fingerprint density at radius 1 is 1.20 bits per heavy atom. The topological polar surface area (TPSA) is 77.8 Å². The summed E-state index contributed by atoms with van der Waals surface area (Å²) < 4.78 is 0. The van der Waals surface area contributed by atoms with Gasteiger partial charge in [-0.05, 0) is 60.9 Å². The minimum atomic E-state index is -1.06. The molecule has 0 saturated heterocycles. The Morgan fingerprint density at radius 2 is 1.84 bits per heavy atom. The summed E-state index contributed by atoms with van der Waals surface area (Å²) >= 11 is 1.32. The van der Waals surface area contributed by atoms with Crippen LogP contribution in [0, 0.1) is 13.8 Å². The van der Waals surface area contributed by atoms with E-state index in [0.29, 0.717) is 10.6 Å². The second-order valence-corrected chi connectivity index (χ2v) is 6.95. The number of anilines is 1. The van der Waals surface area contributed by atoms with Crippen molar-refractivity contribution in [2.24, 2.45) is 0 Å². The number of carboxylic acid groups (broad SMARTS) is 1. The van der Waals surface area contributed by atoms with Crippen molar-refractivity contribution in [3.8, 4) is 5.75 Å². The average Bonchev–Trinajstić information content (AvgIpc) is 2.56. The Kier molecular flexibility index (Phi) is 4.55. The van der Waals surface area contributed by atoms with Crippen LogP contribution in [0.2, 0.25) is 0 Å². The molecule has 6 heteroatoms. The summed E-state index contributed by atoms with van der Waals surface area (Å²) in [6.45, 7) is 3.21. The summed E-state index contributed by atoms with van der Waals surface area (Å²) in [6, 6.07) is 10.8. The van der Waals surface area contributed by atoms with Crippen molar-refractivity contribution in [1.29, 1.82) is 0 Å². The van der Waals surface area contributed by atoms with Crippen molar-refractivity contribution in [3.05, 3.63) is 58.0 Å². The Hall–Kier alpha value is -2.73. The standard InChI is InChI=1S/C19H17NO4S/c1-11-7-13(8-12(2)18(11)23)9-16-19(24)20(10-17(21)22)14-5-3-4-6-15(14)25-16/h3-9,23H,10H2,1-2H3,(H,21,22)/b16-9-. The van der Waals surface area contributed by atoms with Crippen LogP contribution < -0.4 is 4.90 Å². The molecule has 0 saturated carbocycles. The average molecular weight is 355 g/mol. The number of carboxylic acids is 1. The van der Waals surface area contributed by atoms with E-state index in [2.05, 4.69) is 0 Å². The van der Waals surface area contributed by atoms with Crippen molar-refractivity contribution in [2.75, 3.05) is 11.4 Å². The highest BCUT2D eigenvalue weighted by atomic mass is 32.2. The van der Waals surface area contributed by atoms with Crippen LogP contribution in [0.25, 0.3) is 6.08 Å². The molecule has 3 rings (SSSR count). The summed E-state index contributed by atoms with van der Waals surface area (Å²) in [7, 11) is 0. The Balaban J connectivity index is 2.06. The smallest absolute Gasteiger partial charge is 0.323 e. The number of aliphatic carboxylic acids is 1. The molecule has 1 aliphatic rings. The summed E-state index contributed by atoms with van der Waals surface area (Å²) in [6.07, 6.45) is 1.73. The van der Waals surface area contributed by atoms with Gasteiger partial charge in [-0.3, -0.25) is 14.5 Å². The number of rotatable bonds is 3. The Labute approximate surface area is 149 Å². The first-order valence-electron chi connectivity index (χ1n) is 7.69. The molecule has 0 aliphatic carbocycles. The third-order valence-corrected chi connectivity index (χ3v) is 5.01. The highest BCUT2D eigenvalue weighted by Crippen LogP contribution is 2.42. The van der Waals surface area contributed by atoms with Gasteiger partial charge in [0.25, 0.3) is 5.91 Å². The molecule has 0 bridgehead atoms. The van der Waals surface area contributed by atoms with Gasteiger partial charge in [0, 0.05) is 4.90 Å². The predicted octanol–water partition coefficient (Wildman–Crippen LogP) is 3.57. The van der Waals surface area contributed by atoms with Crippen LogP contribution in [0.1, 0.15) is 16.7 Å². The van der Waals surface area contributed by atoms with Gasteiger partial charge in [0.1, 0.15) is 12.3 Å². The highest BCUT2D eigenvalue weighted by molar-refractivity contribution is 8.04. The number of hydrogen-bond donors (Lipinski definition) is 2. The third-order valence-electron chi connectivity index (χ3n) is 3.94. The van der Waals surface area contributed by atoms with Crippen molar-refractivity contribution in [2.45, 2.75) is 18.7 Å². The summed E-state index contributed by atoms with van der Waals surface area (Å²) in [5.74, 6) is -1.16. The van der Waals surface area contributed by atoms with Gasteiger partial charge in [-0.15, -0.1) is 0 Å². The number of carbonyl (C=O) groups is 2. The SMILES string of the molecule is Cc1cc(/C=C2\Sc3ccccc3N(CC(=O)O)C2=O)cc(C)c1O. The van der Waals surface area contributed by atoms with Gasteiger partial charge in [-0.1, -0.05) is 23.9 Å². The lowest BCUT2D eigenvalue weighted by molar-refractivity contribution is -0.136. The molecule has 0 fully saturated rings. The number of amides is 1. The molecule has 128 valence electrons. The van der Waals surface area contributed by atoms with Crippen LogP contribution in [0.15, 0.2) is 46.2 Å². The largest absolute Gasteiger partial charge is 0.507 e. The van der Waals surface area contributed by atoms with Crippen molar-refractivity contribution in [3.63, 3.8) is 0 Å². The van der Waals surface area contributed by atoms with E-state index < -0.39 is 5.97 Å². The molecule has 0 unspecified atom stereocenters. The van der Waals surface area contributed by atoms with Gasteiger partial charge in [0.05, 0.1) is 10.6 Å². The fraction of sp³-hybridized carbons (Fsp3) is 0.158. The number of thioether (sulfide) groups is 1. The van der Waals surface area contributed by atoms with Crippen molar-refractivity contribution < 1.29 is 19.8 Å². The van der Waals surface area contributed by atoms with Gasteiger partial charge < -0.3 is 10.2 Å². The predicted molar refractivity (Wildman–Crippen MR) is 97.8 cm³/mol. The molecule has 0 atom stereocenters. The van der Waals surface area contributed by atoms with Crippen LogP contribution in [0.3, 0.4) is 0 Å². The number of phenols is 1. The molecule has 2 aromatic carbocycles. The van der Waals surface area contributed by atoms with E-state index in [1.54, 1.807) is 44.2 Å². The number of para-hydroxylation sites is 1. The zero-order chi connectivity index (χ0) is 18.1. The first kappa shape index (κ1) is 17.1. The maximum atomic E-state index is 12.8. The Morgan fingerprint density at radius 3 is 2.48 bits per heavy atom. The fourth-order valence-corrected chi connectivity index (χ4v) is 3.84. The Bertz CT molecular complexity index is 881. The molecule has 2 N–H and O–H groups in total. The number of aryl methyl sites for hydroxylation is 2. The molecular formula is C19H17NO4S. The van der Waals surface area contributed by atoms with Crippen molar-refractivity contribution in [1.82, 2.24) is 0 Å². The summed E-state index contributed by atoms with van der Waals surface area (Å²) in [4.78, 5) is 26.5. The molecule has 1 heterocycles. The van der Waals surface area contributed by atoms with E-state index in [0.717, 1.165) is 21.6 Å². The van der Waals surface area contributed by atoms with E-state index in [9.17, 15) is 14.7 Å². The van der Waals surface area contributed by atoms with Crippen molar-refractivity contribution >= 4 is 35.4 Å². The van der Waals surface area contributed by atoms with Crippen LogP contribution in [0.4, 0.5) is 5.69 Å². The van der Waals surface area contributed by atoms with E-state index in [-0.39, 0.29) is 18.2 Å². The second kappa shape index (κ2) is 6.64. The first-order valence-corrected chi connectivity index (χ1v) is 8.51. The van der Waals surface area contributed by atoms with Gasteiger partial charge in [0.15, 0.2) is 0 Å². The first-order chi connectivity index (χ1) is 11.9. The maximum Gasteiger partial charge on any atom is 0.323 e. The molecule has 2 aromatic rings. The van der Waals surface area contributed by atoms with Crippen LogP contribution in [-0.2, 0) is 9.59 Å². The molecule has 0 spiro atoms. The molecule has 0 radical (unpaired) electrons. The maximum absolute atomic E-state index is 12.8. The fourth-order valence-electron chi connectivity index (χ4n) is 2.78. The summed E-state index contributed by atoms with van der Waals surface area (Å²) in [5, 5.41) is 19.0. The van der Waals surface area contributed by atoms with E-state index >= 15 is 0 Å². The van der Waals surface area contributed by atoms with Gasteiger partial charge >= 0.3 is 5.97 Å². The number of nitrogens with zero attached hydrogens (tertiary/aromatic N) is 1. The normalized spacial score (nSPS) is 15.4. The minimum Gasteiger partial charge on any atom is -0.507 e. The zero-order valence-electron chi connectivity index (χ0n) is 13.8. The van der Waals surface area contributed by atoms with Gasteiger partial charge in [0.2, 0.25) is 0 Å². The number of hydrogen-bond acceptors (Lipinski definition) is 4. The quantitative estimate of drug-likeness (QED) is 0.823. The number of benzene rings is 2. The lowest BCUT2D eigenvalue weighted by Gasteiger charge is -2.29. The van der Waals surface area contributed by atoms with E-state index in [1.807, 2.05) is 12.1 Å². The van der Waals surface area contributed by atoms with Crippen LogP contribution >= 0.6 is 11.8 Å². The van der Waals surface area contributed by atoms with E-state index in [4.69, 9.17) is 5.11 Å². The number of phenolic OH excluding ortho intramolecular Hbond substituents is 1. The second-order valence-electron chi connectivity index (χ2n) is 5.87. The third kappa shape index (κ3) is 3.39. The molecule has 0 aromatic heterocycles. The van der Waals surface area contributed by atoms with Gasteiger partial charge in [-0.2, -0.15) is 0 Å². The number of aromatic hydroxyl groups is 1. The van der Waals surface area contributed by atoms with E-state index in [1.165, 1.54) is 16.7 Å². The highest BCUT2D eigenvalue weighted by Gasteiger charge is 2.30. The molecule has 5 nitrogen and oxygen atoms in total. The molecule has 1 aliphatic heterocycles. The number of fused-ring (bicyclic) bond motifs is 1. The minimum absolute atomic E-state index is 0.239. The summed E-state index contributed by atoms with van der Waals surface area (Å²) in [5.41, 5.74) is 2.85.